The number of nitrogens with two attached hydrogens (primary N) is 1. The molecule has 21 heavy (non-hydrogen) atoms. The van der Waals surface area contributed by atoms with E-state index < -0.39 is 0 Å². The zero-order valence-electron chi connectivity index (χ0n) is 11.3. The van der Waals surface area contributed by atoms with Gasteiger partial charge < -0.3 is 15.8 Å². The van der Waals surface area contributed by atoms with E-state index in [1.165, 1.54) is 0 Å². The first-order valence-electron chi connectivity index (χ1n) is 6.17. The molecule has 0 aliphatic carbocycles. The molecule has 0 radical (unpaired) electrons. The van der Waals surface area contributed by atoms with Gasteiger partial charge in [-0.1, -0.05) is 12.1 Å². The number of benzene rings is 2. The van der Waals surface area contributed by atoms with E-state index in [0.717, 1.165) is 20.3 Å². The zero-order valence-corrected chi connectivity index (χ0v) is 14.5. The average Bonchev–Trinajstić information content (AvgIpc) is 2.43. The number of ether oxygens (including phenoxy) is 1. The molecule has 4 nitrogen and oxygen atoms in total. The summed E-state index contributed by atoms with van der Waals surface area (Å²) in [6, 6.07) is 10.9. The Bertz CT molecular complexity index is 634. The van der Waals surface area contributed by atoms with Gasteiger partial charge in [-0.3, -0.25) is 4.79 Å². The first-order chi connectivity index (χ1) is 9.99. The van der Waals surface area contributed by atoms with Crippen molar-refractivity contribution in [3.8, 4) is 5.75 Å². The number of carbonyl (C=O) groups excluding carboxylic acids is 1. The van der Waals surface area contributed by atoms with Crippen LogP contribution >= 0.6 is 31.9 Å². The van der Waals surface area contributed by atoms with Crippen LogP contribution in [0.5, 0.6) is 5.75 Å². The summed E-state index contributed by atoms with van der Waals surface area (Å²) in [6.45, 7) is 0. The third-order valence-corrected chi connectivity index (χ3v) is 4.10. The van der Waals surface area contributed by atoms with E-state index in [4.69, 9.17) is 10.5 Å². The smallest absolute Gasteiger partial charge is 0.228 e. The van der Waals surface area contributed by atoms with Crippen molar-refractivity contribution in [1.82, 2.24) is 0 Å². The van der Waals surface area contributed by atoms with Gasteiger partial charge in [0.2, 0.25) is 5.91 Å². The van der Waals surface area contributed by atoms with Gasteiger partial charge in [-0.2, -0.15) is 0 Å². The molecule has 0 bridgehead atoms. The van der Waals surface area contributed by atoms with Gasteiger partial charge in [-0.15, -0.1) is 0 Å². The molecule has 0 aliphatic heterocycles. The maximum absolute atomic E-state index is 12.1. The lowest BCUT2D eigenvalue weighted by molar-refractivity contribution is -0.115. The van der Waals surface area contributed by atoms with E-state index in [2.05, 4.69) is 37.2 Å². The van der Waals surface area contributed by atoms with Crippen LogP contribution < -0.4 is 15.8 Å². The van der Waals surface area contributed by atoms with Crippen LogP contribution in [0.3, 0.4) is 0 Å². The SMILES string of the molecule is COc1ccc(CC(=O)Nc2c(Br)cc(N)cc2Br)cc1. The molecule has 0 heterocycles. The Morgan fingerprint density at radius 1 is 1.19 bits per heavy atom. The van der Waals surface area contributed by atoms with Gasteiger partial charge in [0.15, 0.2) is 0 Å². The molecule has 0 aliphatic rings. The quantitative estimate of drug-likeness (QED) is 0.745. The zero-order chi connectivity index (χ0) is 15.4. The van der Waals surface area contributed by atoms with Crippen molar-refractivity contribution in [2.45, 2.75) is 6.42 Å². The fourth-order valence-electron chi connectivity index (χ4n) is 1.82. The molecule has 0 aromatic heterocycles. The Morgan fingerprint density at radius 3 is 2.29 bits per heavy atom. The molecule has 2 aromatic rings. The number of hydrogen-bond acceptors (Lipinski definition) is 3. The van der Waals surface area contributed by atoms with Crippen molar-refractivity contribution in [2.24, 2.45) is 0 Å². The predicted octanol–water partition coefficient (Wildman–Crippen LogP) is 3.98. The molecule has 2 rings (SSSR count). The summed E-state index contributed by atoms with van der Waals surface area (Å²) in [5.41, 5.74) is 7.92. The van der Waals surface area contributed by atoms with Crippen molar-refractivity contribution in [3.63, 3.8) is 0 Å². The van der Waals surface area contributed by atoms with Gasteiger partial charge in [0.05, 0.1) is 19.2 Å². The van der Waals surface area contributed by atoms with Crippen LogP contribution in [0.15, 0.2) is 45.3 Å². The number of nitrogen functional groups attached to an aromatic ring is 1. The highest BCUT2D eigenvalue weighted by molar-refractivity contribution is 9.11. The maximum atomic E-state index is 12.1. The lowest BCUT2D eigenvalue weighted by Gasteiger charge is -2.11. The lowest BCUT2D eigenvalue weighted by atomic mass is 10.1. The molecule has 2 aromatic carbocycles. The lowest BCUT2D eigenvalue weighted by Crippen LogP contribution is -2.15. The molecule has 0 atom stereocenters. The van der Waals surface area contributed by atoms with Crippen LogP contribution in [0.4, 0.5) is 11.4 Å². The van der Waals surface area contributed by atoms with Gasteiger partial charge in [0.25, 0.3) is 0 Å². The number of nitrogens with one attached hydrogen (secondary N) is 1. The summed E-state index contributed by atoms with van der Waals surface area (Å²) < 4.78 is 6.56. The summed E-state index contributed by atoms with van der Waals surface area (Å²) in [5, 5.41) is 2.86. The number of hydrogen-bond donors (Lipinski definition) is 2. The summed E-state index contributed by atoms with van der Waals surface area (Å²) in [4.78, 5) is 12.1. The summed E-state index contributed by atoms with van der Waals surface area (Å²) in [7, 11) is 1.61. The molecule has 110 valence electrons. The Morgan fingerprint density at radius 2 is 1.76 bits per heavy atom. The van der Waals surface area contributed by atoms with E-state index in [9.17, 15) is 4.79 Å². The number of methoxy groups -OCH3 is 1. The second-order valence-electron chi connectivity index (χ2n) is 4.43. The molecule has 0 saturated heterocycles. The molecular formula is C15H14Br2N2O2. The first-order valence-corrected chi connectivity index (χ1v) is 7.75. The largest absolute Gasteiger partial charge is 0.497 e. The normalized spacial score (nSPS) is 10.2. The highest BCUT2D eigenvalue weighted by atomic mass is 79.9. The number of amides is 1. The molecule has 0 spiro atoms. The highest BCUT2D eigenvalue weighted by Crippen LogP contribution is 2.33. The van der Waals surface area contributed by atoms with Crippen molar-refractivity contribution >= 4 is 49.1 Å². The minimum Gasteiger partial charge on any atom is -0.497 e. The third kappa shape index (κ3) is 4.22. The second-order valence-corrected chi connectivity index (χ2v) is 6.14. The number of carbonyl (C=O) groups is 1. The third-order valence-electron chi connectivity index (χ3n) is 2.85. The van der Waals surface area contributed by atoms with Crippen molar-refractivity contribution in [3.05, 3.63) is 50.9 Å². The van der Waals surface area contributed by atoms with Crippen LogP contribution in [0.1, 0.15) is 5.56 Å². The van der Waals surface area contributed by atoms with Crippen molar-refractivity contribution < 1.29 is 9.53 Å². The van der Waals surface area contributed by atoms with E-state index in [1.807, 2.05) is 24.3 Å². The van der Waals surface area contributed by atoms with Gasteiger partial charge in [0.1, 0.15) is 5.75 Å². The molecule has 1 amide bonds. The molecule has 0 fully saturated rings. The van der Waals surface area contributed by atoms with Crippen LogP contribution in [-0.2, 0) is 11.2 Å². The summed E-state index contributed by atoms with van der Waals surface area (Å²) in [5.74, 6) is 0.662. The van der Waals surface area contributed by atoms with Crippen LogP contribution in [0.25, 0.3) is 0 Å². The number of rotatable bonds is 4. The Hall–Kier alpha value is -1.53. The minimum absolute atomic E-state index is 0.105. The molecule has 6 heteroatoms. The molecule has 3 N–H and O–H groups in total. The van der Waals surface area contributed by atoms with E-state index >= 15 is 0 Å². The highest BCUT2D eigenvalue weighted by Gasteiger charge is 2.11. The van der Waals surface area contributed by atoms with Crippen LogP contribution in [0.2, 0.25) is 0 Å². The van der Waals surface area contributed by atoms with Gasteiger partial charge in [-0.25, -0.2) is 0 Å². The second kappa shape index (κ2) is 6.95. The summed E-state index contributed by atoms with van der Waals surface area (Å²) in [6.07, 6.45) is 0.285. The Balaban J connectivity index is 2.08. The topological polar surface area (TPSA) is 64.3 Å². The van der Waals surface area contributed by atoms with Gasteiger partial charge in [-0.05, 0) is 61.7 Å². The minimum atomic E-state index is -0.105. The van der Waals surface area contributed by atoms with Crippen LogP contribution in [-0.4, -0.2) is 13.0 Å². The number of anilines is 2. The molecule has 0 unspecified atom stereocenters. The number of halogens is 2. The Kier molecular flexibility index (Phi) is 5.25. The fourth-order valence-corrected chi connectivity index (χ4v) is 3.24. The standard InChI is InChI=1S/C15H14Br2N2O2/c1-21-11-4-2-9(3-5-11)6-14(20)19-15-12(16)7-10(18)8-13(15)17/h2-5,7-8H,6,18H2,1H3,(H,19,20). The van der Waals surface area contributed by atoms with Crippen molar-refractivity contribution in [2.75, 3.05) is 18.2 Å². The van der Waals surface area contributed by atoms with Gasteiger partial charge in [0, 0.05) is 14.6 Å². The van der Waals surface area contributed by atoms with Crippen LogP contribution in [0, 0.1) is 0 Å². The monoisotopic (exact) mass is 412 g/mol. The molecule has 0 saturated carbocycles. The first kappa shape index (κ1) is 15.9. The predicted molar refractivity (Wildman–Crippen MR) is 91.6 cm³/mol. The van der Waals surface area contributed by atoms with Gasteiger partial charge >= 0.3 is 0 Å². The van der Waals surface area contributed by atoms with E-state index in [-0.39, 0.29) is 12.3 Å². The average molecular weight is 414 g/mol. The molecular weight excluding hydrogens is 400 g/mol. The van der Waals surface area contributed by atoms with E-state index in [1.54, 1.807) is 19.2 Å². The van der Waals surface area contributed by atoms with E-state index in [0.29, 0.717) is 11.4 Å². The Labute approximate surface area is 139 Å². The summed E-state index contributed by atoms with van der Waals surface area (Å²) >= 11 is 6.78. The maximum Gasteiger partial charge on any atom is 0.228 e. The van der Waals surface area contributed by atoms with Crippen molar-refractivity contribution in [1.29, 1.82) is 0 Å². The fraction of sp³-hybridized carbons (Fsp3) is 0.133.